The number of fused-ring (bicyclic) bond motifs is 1. The molecule has 0 saturated heterocycles. The Bertz CT molecular complexity index is 780. The number of nitrogens with zero attached hydrogens (tertiary/aromatic N) is 1. The number of aliphatic hydroxyl groups excluding tert-OH is 1. The van der Waals surface area contributed by atoms with Crippen LogP contribution in [0, 0.1) is 18.7 Å². The van der Waals surface area contributed by atoms with Gasteiger partial charge in [-0.3, -0.25) is 4.79 Å². The molecule has 1 atom stereocenters. The van der Waals surface area contributed by atoms with E-state index in [1.807, 2.05) is 11.5 Å². The zero-order chi connectivity index (χ0) is 16.6. The number of aromatic nitrogens is 1. The molecule has 1 heterocycles. The van der Waals surface area contributed by atoms with Gasteiger partial charge in [0.05, 0.1) is 18.7 Å². The van der Waals surface area contributed by atoms with E-state index < -0.39 is 5.82 Å². The number of benzene rings is 1. The molecule has 2 aromatic rings. The van der Waals surface area contributed by atoms with Crippen LogP contribution >= 0.6 is 0 Å². The van der Waals surface area contributed by atoms with Crippen molar-refractivity contribution >= 4 is 10.9 Å². The highest BCUT2D eigenvalue weighted by atomic mass is 19.1. The summed E-state index contributed by atoms with van der Waals surface area (Å²) in [5, 5.41) is 10.3. The summed E-state index contributed by atoms with van der Waals surface area (Å²) in [7, 11) is 1.41. The first-order chi connectivity index (χ1) is 11.0. The minimum absolute atomic E-state index is 0.134. The van der Waals surface area contributed by atoms with Crippen LogP contribution in [0.2, 0.25) is 0 Å². The molecule has 1 unspecified atom stereocenters. The molecule has 1 aromatic carbocycles. The van der Waals surface area contributed by atoms with Crippen molar-refractivity contribution in [1.82, 2.24) is 4.57 Å². The van der Waals surface area contributed by atoms with E-state index in [2.05, 4.69) is 0 Å². The van der Waals surface area contributed by atoms with Gasteiger partial charge in [-0.1, -0.05) is 0 Å². The molecule has 0 aliphatic heterocycles. The van der Waals surface area contributed by atoms with Crippen LogP contribution in [-0.2, 0) is 6.54 Å². The fourth-order valence-electron chi connectivity index (χ4n) is 3.13. The smallest absolute Gasteiger partial charge is 0.189 e. The van der Waals surface area contributed by atoms with Crippen molar-refractivity contribution in [3.63, 3.8) is 0 Å². The fourth-order valence-corrected chi connectivity index (χ4v) is 3.13. The zero-order valence-corrected chi connectivity index (χ0v) is 13.5. The molecule has 1 N–H and O–H groups in total. The average Bonchev–Trinajstić information content (AvgIpc) is 3.35. The first kappa shape index (κ1) is 16.0. The zero-order valence-electron chi connectivity index (χ0n) is 13.5. The van der Waals surface area contributed by atoms with Crippen LogP contribution in [0.3, 0.4) is 0 Å². The van der Waals surface area contributed by atoms with E-state index >= 15 is 0 Å². The number of rotatable bonds is 6. The molecule has 1 fully saturated rings. The third kappa shape index (κ3) is 3.24. The summed E-state index contributed by atoms with van der Waals surface area (Å²) in [5.74, 6) is 0.0713. The molecule has 1 aliphatic carbocycles. The first-order valence-corrected chi connectivity index (χ1v) is 8.07. The van der Waals surface area contributed by atoms with Crippen LogP contribution in [-0.4, -0.2) is 22.9 Å². The first-order valence-electron chi connectivity index (χ1n) is 8.07. The molecule has 0 radical (unpaired) electrons. The molecule has 23 heavy (non-hydrogen) atoms. The minimum atomic E-state index is -0.531. The molecule has 1 aliphatic rings. The number of aliphatic hydroxyl groups is 1. The van der Waals surface area contributed by atoms with E-state index in [4.69, 9.17) is 4.74 Å². The van der Waals surface area contributed by atoms with Crippen molar-refractivity contribution in [1.29, 1.82) is 0 Å². The second kappa shape index (κ2) is 6.32. The van der Waals surface area contributed by atoms with Crippen LogP contribution in [0.25, 0.3) is 10.9 Å². The van der Waals surface area contributed by atoms with E-state index in [-0.39, 0.29) is 17.3 Å². The van der Waals surface area contributed by atoms with Crippen LogP contribution in [0.15, 0.2) is 23.0 Å². The lowest BCUT2D eigenvalue weighted by molar-refractivity contribution is 0.137. The van der Waals surface area contributed by atoms with Crippen LogP contribution in [0.4, 0.5) is 4.39 Å². The predicted octanol–water partition coefficient (Wildman–Crippen LogP) is 3.01. The Labute approximate surface area is 134 Å². The molecule has 124 valence electrons. The molecule has 1 aromatic heterocycles. The van der Waals surface area contributed by atoms with E-state index in [0.29, 0.717) is 23.4 Å². The van der Waals surface area contributed by atoms with E-state index in [1.54, 1.807) is 6.07 Å². The van der Waals surface area contributed by atoms with Crippen LogP contribution in [0.5, 0.6) is 5.75 Å². The molecule has 0 bridgehead atoms. The predicted molar refractivity (Wildman–Crippen MR) is 87.4 cm³/mol. The summed E-state index contributed by atoms with van der Waals surface area (Å²) < 4.78 is 20.9. The van der Waals surface area contributed by atoms with Crippen molar-refractivity contribution < 1.29 is 14.2 Å². The Morgan fingerprint density at radius 3 is 2.78 bits per heavy atom. The summed E-state index contributed by atoms with van der Waals surface area (Å²) in [6.45, 7) is 2.55. The van der Waals surface area contributed by atoms with Crippen molar-refractivity contribution in [3.05, 3.63) is 39.9 Å². The molecule has 0 spiro atoms. The highest BCUT2D eigenvalue weighted by molar-refractivity contribution is 5.81. The number of aryl methyl sites for hydroxylation is 2. The van der Waals surface area contributed by atoms with Gasteiger partial charge in [-0.25, -0.2) is 4.39 Å². The molecular formula is C18H22FNO3. The number of hydrogen-bond acceptors (Lipinski definition) is 3. The van der Waals surface area contributed by atoms with Gasteiger partial charge in [0.25, 0.3) is 0 Å². The lowest BCUT2D eigenvalue weighted by Crippen LogP contribution is -2.15. The van der Waals surface area contributed by atoms with Crippen molar-refractivity contribution in [3.8, 4) is 5.75 Å². The number of methoxy groups -OCH3 is 1. The second-order valence-corrected chi connectivity index (χ2v) is 6.35. The highest BCUT2D eigenvalue weighted by Gasteiger charge is 2.29. The monoisotopic (exact) mass is 319 g/mol. The maximum absolute atomic E-state index is 13.9. The molecule has 0 amide bonds. The number of ether oxygens (including phenoxy) is 1. The Morgan fingerprint density at radius 1 is 1.39 bits per heavy atom. The fraction of sp³-hybridized carbons (Fsp3) is 0.500. The largest absolute Gasteiger partial charge is 0.494 e. The molecule has 5 heteroatoms. The average molecular weight is 319 g/mol. The van der Waals surface area contributed by atoms with Gasteiger partial charge >= 0.3 is 0 Å². The third-order valence-corrected chi connectivity index (χ3v) is 4.64. The number of pyridine rings is 1. The minimum Gasteiger partial charge on any atom is -0.494 e. The summed E-state index contributed by atoms with van der Waals surface area (Å²) in [5.41, 5.74) is 1.32. The SMILES string of the molecule is COc1cc2c(cc1F)c(=O)cc(C)n2CCCC(O)C1CC1. The Morgan fingerprint density at radius 2 is 2.13 bits per heavy atom. The maximum Gasteiger partial charge on any atom is 0.189 e. The second-order valence-electron chi connectivity index (χ2n) is 6.35. The van der Waals surface area contributed by atoms with E-state index in [9.17, 15) is 14.3 Å². The molecule has 1 saturated carbocycles. The van der Waals surface area contributed by atoms with Crippen LogP contribution < -0.4 is 10.2 Å². The Hall–Kier alpha value is -1.88. The van der Waals surface area contributed by atoms with E-state index in [0.717, 1.165) is 31.4 Å². The van der Waals surface area contributed by atoms with Crippen molar-refractivity contribution in [2.75, 3.05) is 7.11 Å². The van der Waals surface area contributed by atoms with Gasteiger partial charge in [0.15, 0.2) is 17.0 Å². The Kier molecular flexibility index (Phi) is 4.39. The number of halogens is 1. The van der Waals surface area contributed by atoms with Gasteiger partial charge in [-0.15, -0.1) is 0 Å². The lowest BCUT2D eigenvalue weighted by Gasteiger charge is -2.17. The molecular weight excluding hydrogens is 297 g/mol. The van der Waals surface area contributed by atoms with Crippen molar-refractivity contribution in [2.45, 2.75) is 45.3 Å². The summed E-state index contributed by atoms with van der Waals surface area (Å²) in [4.78, 5) is 12.1. The van der Waals surface area contributed by atoms with Gasteiger partial charge in [0, 0.05) is 29.8 Å². The van der Waals surface area contributed by atoms with Gasteiger partial charge < -0.3 is 14.4 Å². The van der Waals surface area contributed by atoms with Gasteiger partial charge in [-0.2, -0.15) is 0 Å². The van der Waals surface area contributed by atoms with Gasteiger partial charge in [0.1, 0.15) is 0 Å². The standard InChI is InChI=1S/C18H22FNO3/c1-11-8-17(22)13-9-14(19)18(23-2)10-15(13)20(11)7-3-4-16(21)12-5-6-12/h8-10,12,16,21H,3-7H2,1-2H3. The normalized spacial score (nSPS) is 15.8. The maximum atomic E-state index is 13.9. The Balaban J connectivity index is 1.92. The topological polar surface area (TPSA) is 51.5 Å². The quantitative estimate of drug-likeness (QED) is 0.890. The van der Waals surface area contributed by atoms with Gasteiger partial charge in [0.2, 0.25) is 0 Å². The lowest BCUT2D eigenvalue weighted by atomic mass is 10.1. The van der Waals surface area contributed by atoms with E-state index in [1.165, 1.54) is 19.2 Å². The summed E-state index contributed by atoms with van der Waals surface area (Å²) in [6.07, 6.45) is 3.58. The molecule has 4 nitrogen and oxygen atoms in total. The van der Waals surface area contributed by atoms with Gasteiger partial charge in [-0.05, 0) is 44.6 Å². The van der Waals surface area contributed by atoms with Crippen LogP contribution in [0.1, 0.15) is 31.4 Å². The third-order valence-electron chi connectivity index (χ3n) is 4.64. The number of hydrogen-bond donors (Lipinski definition) is 1. The molecule has 3 rings (SSSR count). The van der Waals surface area contributed by atoms with Crippen molar-refractivity contribution in [2.24, 2.45) is 5.92 Å². The summed E-state index contributed by atoms with van der Waals surface area (Å²) >= 11 is 0. The highest BCUT2D eigenvalue weighted by Crippen LogP contribution is 2.34. The summed E-state index contributed by atoms with van der Waals surface area (Å²) in [6, 6.07) is 4.35.